The topological polar surface area (TPSA) is 55.8 Å². The van der Waals surface area contributed by atoms with Crippen molar-refractivity contribution in [2.24, 2.45) is 0 Å². The number of rotatable bonds is 49. The molecule has 0 bridgehead atoms. The van der Waals surface area contributed by atoms with Gasteiger partial charge in [0.1, 0.15) is 6.10 Å². The molecule has 0 fully saturated rings. The van der Waals surface area contributed by atoms with Gasteiger partial charge in [0.2, 0.25) is 0 Å². The fraction of sp³-hybridized carbons (Fsp3) is 0.942. The number of hydrogen-bond donors (Lipinski definition) is 1. The predicted octanol–water partition coefficient (Wildman–Crippen LogP) is 17.3. The van der Waals surface area contributed by atoms with E-state index in [1.807, 2.05) is 0 Å². The van der Waals surface area contributed by atoms with Gasteiger partial charge in [-0.3, -0.25) is 4.79 Å². The van der Waals surface area contributed by atoms with E-state index in [0.29, 0.717) is 19.6 Å². The van der Waals surface area contributed by atoms with E-state index < -0.39 is 6.10 Å². The van der Waals surface area contributed by atoms with Gasteiger partial charge >= 0.3 is 5.97 Å². The molecule has 1 N–H and O–H groups in total. The molecule has 0 heterocycles. The maximum atomic E-state index is 12.3. The van der Waals surface area contributed by atoms with Crippen molar-refractivity contribution in [3.05, 3.63) is 12.2 Å². The Morgan fingerprint density at radius 2 is 0.696 bits per heavy atom. The zero-order valence-corrected chi connectivity index (χ0v) is 38.4. The fourth-order valence-corrected chi connectivity index (χ4v) is 7.97. The maximum absolute atomic E-state index is 12.3. The minimum atomic E-state index is -0.529. The van der Waals surface area contributed by atoms with E-state index in [1.54, 1.807) is 0 Å². The van der Waals surface area contributed by atoms with Crippen LogP contribution in [0, 0.1) is 0 Å². The van der Waals surface area contributed by atoms with Crippen molar-refractivity contribution in [2.45, 2.75) is 296 Å². The van der Waals surface area contributed by atoms with Gasteiger partial charge in [0.25, 0.3) is 0 Å². The molecule has 0 aromatic carbocycles. The summed E-state index contributed by atoms with van der Waals surface area (Å²) in [6.07, 6.45) is 61.6. The van der Waals surface area contributed by atoms with Crippen molar-refractivity contribution in [1.82, 2.24) is 0 Å². The number of unbranched alkanes of at least 4 members (excludes halogenated alkanes) is 39. The van der Waals surface area contributed by atoms with Crippen molar-refractivity contribution in [2.75, 3.05) is 19.8 Å². The van der Waals surface area contributed by atoms with E-state index in [9.17, 15) is 9.90 Å². The molecule has 334 valence electrons. The van der Waals surface area contributed by atoms with Crippen molar-refractivity contribution in [3.63, 3.8) is 0 Å². The van der Waals surface area contributed by atoms with Crippen molar-refractivity contribution >= 4 is 5.97 Å². The highest BCUT2D eigenvalue weighted by atomic mass is 16.6. The lowest BCUT2D eigenvalue weighted by atomic mass is 10.0. The van der Waals surface area contributed by atoms with Crippen LogP contribution in [-0.2, 0) is 14.3 Å². The van der Waals surface area contributed by atoms with Gasteiger partial charge in [0.05, 0.1) is 13.2 Å². The van der Waals surface area contributed by atoms with Gasteiger partial charge in [0, 0.05) is 13.0 Å². The summed E-state index contributed by atoms with van der Waals surface area (Å²) in [5.74, 6) is -0.194. The molecular weight excluding hydrogens is 689 g/mol. The number of hydrogen-bond acceptors (Lipinski definition) is 4. The van der Waals surface area contributed by atoms with Gasteiger partial charge in [0.15, 0.2) is 0 Å². The number of carbonyl (C=O) groups is 1. The van der Waals surface area contributed by atoms with Crippen molar-refractivity contribution in [3.8, 4) is 0 Å². The van der Waals surface area contributed by atoms with E-state index in [-0.39, 0.29) is 12.6 Å². The molecular formula is C52H102O4. The average Bonchev–Trinajstić information content (AvgIpc) is 3.20. The highest BCUT2D eigenvalue weighted by Gasteiger charge is 2.13. The Morgan fingerprint density at radius 1 is 0.411 bits per heavy atom. The molecule has 56 heavy (non-hydrogen) atoms. The molecule has 0 aromatic rings. The van der Waals surface area contributed by atoms with Crippen LogP contribution in [0.5, 0.6) is 0 Å². The maximum Gasteiger partial charge on any atom is 0.306 e. The predicted molar refractivity (Wildman–Crippen MR) is 247 cm³/mol. The quantitative estimate of drug-likeness (QED) is 0.0379. The molecule has 4 nitrogen and oxygen atoms in total. The zero-order valence-electron chi connectivity index (χ0n) is 38.4. The minimum absolute atomic E-state index is 0.165. The Kier molecular flexibility index (Phi) is 49.5. The summed E-state index contributed by atoms with van der Waals surface area (Å²) in [6.45, 7) is 5.41. The van der Waals surface area contributed by atoms with Crippen LogP contribution < -0.4 is 0 Å². The van der Waals surface area contributed by atoms with Crippen LogP contribution in [0.15, 0.2) is 12.2 Å². The van der Waals surface area contributed by atoms with Crippen LogP contribution in [0.25, 0.3) is 0 Å². The summed E-state index contributed by atoms with van der Waals surface area (Å²) < 4.78 is 11.2. The summed E-state index contributed by atoms with van der Waals surface area (Å²) >= 11 is 0. The van der Waals surface area contributed by atoms with E-state index in [0.717, 1.165) is 19.3 Å². The van der Waals surface area contributed by atoms with Crippen LogP contribution in [0.2, 0.25) is 0 Å². The normalized spacial score (nSPS) is 12.3. The molecule has 0 spiro atoms. The number of aliphatic hydroxyl groups is 1. The summed E-state index contributed by atoms with van der Waals surface area (Å²) in [4.78, 5) is 12.3. The summed E-state index contributed by atoms with van der Waals surface area (Å²) in [5, 5.41) is 9.65. The van der Waals surface area contributed by atoms with Gasteiger partial charge in [-0.2, -0.15) is 0 Å². The molecule has 0 saturated carbocycles. The van der Waals surface area contributed by atoms with Crippen molar-refractivity contribution in [1.29, 1.82) is 0 Å². The van der Waals surface area contributed by atoms with E-state index in [4.69, 9.17) is 9.47 Å². The third-order valence-electron chi connectivity index (χ3n) is 11.8. The first-order chi connectivity index (χ1) is 27.7. The Hall–Kier alpha value is -0.870. The van der Waals surface area contributed by atoms with Crippen LogP contribution in [0.1, 0.15) is 290 Å². The van der Waals surface area contributed by atoms with Gasteiger partial charge in [-0.25, -0.2) is 0 Å². The summed E-state index contributed by atoms with van der Waals surface area (Å²) in [6, 6.07) is 0. The van der Waals surface area contributed by atoms with E-state index >= 15 is 0 Å². The van der Waals surface area contributed by atoms with Gasteiger partial charge in [-0.05, 0) is 38.5 Å². The number of allylic oxidation sites excluding steroid dienone is 2. The largest absolute Gasteiger partial charge is 0.457 e. The van der Waals surface area contributed by atoms with Gasteiger partial charge in [-0.1, -0.05) is 257 Å². The van der Waals surface area contributed by atoms with Gasteiger partial charge in [-0.15, -0.1) is 0 Å². The molecule has 4 heteroatoms. The SMILES string of the molecule is CCCCCCCCCC/C=C\CCCCCCCCCCCCCC(=O)OC(CO)COCCCCCCCCCCCCCCCCCCCCCCC. The van der Waals surface area contributed by atoms with Crippen LogP contribution in [-0.4, -0.2) is 37.0 Å². The van der Waals surface area contributed by atoms with Crippen LogP contribution in [0.3, 0.4) is 0 Å². The van der Waals surface area contributed by atoms with Crippen molar-refractivity contribution < 1.29 is 19.4 Å². The lowest BCUT2D eigenvalue weighted by Gasteiger charge is -2.16. The fourth-order valence-electron chi connectivity index (χ4n) is 7.97. The Bertz CT molecular complexity index is 751. The van der Waals surface area contributed by atoms with E-state index in [2.05, 4.69) is 26.0 Å². The van der Waals surface area contributed by atoms with Crippen LogP contribution in [0.4, 0.5) is 0 Å². The number of esters is 1. The first-order valence-electron chi connectivity index (χ1n) is 25.8. The first-order valence-corrected chi connectivity index (χ1v) is 25.8. The molecule has 0 amide bonds. The first kappa shape index (κ1) is 55.1. The highest BCUT2D eigenvalue weighted by Crippen LogP contribution is 2.17. The molecule has 0 aromatic heterocycles. The third-order valence-corrected chi connectivity index (χ3v) is 11.8. The third kappa shape index (κ3) is 47.5. The molecule has 0 aliphatic carbocycles. The Labute approximate surface area is 352 Å². The molecule has 0 radical (unpaired) electrons. The highest BCUT2D eigenvalue weighted by molar-refractivity contribution is 5.69. The lowest BCUT2D eigenvalue weighted by Crippen LogP contribution is -2.27. The summed E-state index contributed by atoms with van der Waals surface area (Å²) in [7, 11) is 0. The average molecular weight is 791 g/mol. The number of ether oxygens (including phenoxy) is 2. The molecule has 0 aliphatic heterocycles. The molecule has 0 aliphatic rings. The second-order valence-corrected chi connectivity index (χ2v) is 17.6. The van der Waals surface area contributed by atoms with E-state index in [1.165, 1.54) is 250 Å². The lowest BCUT2D eigenvalue weighted by molar-refractivity contribution is -0.154. The molecule has 1 atom stereocenters. The minimum Gasteiger partial charge on any atom is -0.457 e. The number of carbonyl (C=O) groups excluding carboxylic acids is 1. The Balaban J connectivity index is 3.35. The molecule has 0 rings (SSSR count). The van der Waals surface area contributed by atoms with Gasteiger partial charge < -0.3 is 14.6 Å². The van der Waals surface area contributed by atoms with Crippen LogP contribution >= 0.6 is 0 Å². The monoisotopic (exact) mass is 791 g/mol. The zero-order chi connectivity index (χ0) is 40.5. The second kappa shape index (κ2) is 50.3. The molecule has 0 saturated heterocycles. The second-order valence-electron chi connectivity index (χ2n) is 17.6. The number of aliphatic hydroxyl groups excluding tert-OH is 1. The smallest absolute Gasteiger partial charge is 0.306 e. The Morgan fingerprint density at radius 3 is 1.02 bits per heavy atom. The standard InChI is InChI=1S/C52H102O4/c1-3-5-7-9-11-13-15-17-19-21-23-25-26-27-29-31-33-35-37-39-41-43-45-47-52(54)56-51(49-53)50-55-48-46-44-42-40-38-36-34-32-30-28-24-22-20-18-16-14-12-10-8-6-4-2/h21,23,51,53H,3-20,22,24-50H2,1-2H3/b23-21-. The molecule has 1 unspecified atom stereocenters. The summed E-state index contributed by atoms with van der Waals surface area (Å²) in [5.41, 5.74) is 0.